The number of anilines is 2. The summed E-state index contributed by atoms with van der Waals surface area (Å²) in [6, 6.07) is 0. The Morgan fingerprint density at radius 2 is 0.981 bits per heavy atom. The molecule has 27 nitrogen and oxygen atoms in total. The van der Waals surface area contributed by atoms with Crippen molar-refractivity contribution >= 4 is 64.3 Å². The number of hydrogen-bond acceptors (Lipinski definition) is 21. The van der Waals surface area contributed by atoms with Crippen molar-refractivity contribution in [3.63, 3.8) is 0 Å². The predicted octanol–water partition coefficient (Wildman–Crippen LogP) is -2.22. The van der Waals surface area contributed by atoms with Gasteiger partial charge in [0, 0.05) is 0 Å². The molecule has 0 saturated carbocycles. The molecule has 0 bridgehead atoms. The van der Waals surface area contributed by atoms with Crippen molar-refractivity contribution in [3.8, 4) is 0 Å². The summed E-state index contributed by atoms with van der Waals surface area (Å²) in [5.41, 5.74) is 12.0. The fourth-order valence-electron chi connectivity index (χ4n) is 5.47. The minimum atomic E-state index is -5.57. The maximum atomic E-state index is 12.7. The molecular formula is C22H32N10O17P4. The van der Waals surface area contributed by atoms with Crippen LogP contribution in [0, 0.1) is 0 Å². The summed E-state index contributed by atoms with van der Waals surface area (Å²) in [4.78, 5) is 64.3. The van der Waals surface area contributed by atoms with Crippen molar-refractivity contribution in [2.45, 2.75) is 49.1 Å². The number of imidazole rings is 2. The summed E-state index contributed by atoms with van der Waals surface area (Å²) < 4.78 is 77.9. The van der Waals surface area contributed by atoms with Crippen LogP contribution < -0.4 is 11.5 Å². The van der Waals surface area contributed by atoms with Gasteiger partial charge >= 0.3 is 30.4 Å². The summed E-state index contributed by atoms with van der Waals surface area (Å²) in [5.74, 6) is -3.59. The van der Waals surface area contributed by atoms with E-state index in [9.17, 15) is 58.3 Å². The maximum absolute atomic E-state index is 12.7. The predicted molar refractivity (Wildman–Crippen MR) is 173 cm³/mol. The molecule has 0 radical (unpaired) electrons. The molecule has 0 amide bonds. The van der Waals surface area contributed by atoms with Crippen LogP contribution in [0.3, 0.4) is 0 Å². The van der Waals surface area contributed by atoms with Crippen LogP contribution in [0.15, 0.2) is 25.3 Å². The molecule has 292 valence electrons. The third-order valence-electron chi connectivity index (χ3n) is 7.85. The summed E-state index contributed by atoms with van der Waals surface area (Å²) in [6.45, 7) is -1.90. The molecule has 0 spiro atoms. The molecule has 0 aromatic carbocycles. The Balaban J connectivity index is 1.01. The van der Waals surface area contributed by atoms with Crippen LogP contribution in [0.4, 0.5) is 11.6 Å². The van der Waals surface area contributed by atoms with Crippen LogP contribution in [0.5, 0.6) is 0 Å². The molecule has 2 fully saturated rings. The first-order chi connectivity index (χ1) is 24.7. The van der Waals surface area contributed by atoms with Gasteiger partial charge in [-0.2, -0.15) is 0 Å². The highest BCUT2D eigenvalue weighted by Gasteiger charge is 2.49. The number of hydrogen-bond donors (Lipinski definition) is 10. The first-order valence-electron chi connectivity index (χ1n) is 14.8. The first kappa shape index (κ1) is 39.8. The van der Waals surface area contributed by atoms with E-state index < -0.39 is 104 Å². The lowest BCUT2D eigenvalue weighted by Gasteiger charge is -2.22. The second-order valence-corrected chi connectivity index (χ2v) is 20.3. The first-order valence-corrected chi connectivity index (χ1v) is 21.9. The van der Waals surface area contributed by atoms with E-state index in [1.54, 1.807) is 0 Å². The Labute approximate surface area is 295 Å². The van der Waals surface area contributed by atoms with E-state index in [-0.39, 0.29) is 34.0 Å². The zero-order valence-corrected chi connectivity index (χ0v) is 30.1. The fraction of sp³-hybridized carbons (Fsp3) is 0.545. The number of nitrogen functional groups attached to an aromatic ring is 2. The second kappa shape index (κ2) is 14.6. The molecule has 53 heavy (non-hydrogen) atoms. The van der Waals surface area contributed by atoms with Gasteiger partial charge in [-0.3, -0.25) is 27.4 Å². The third kappa shape index (κ3) is 8.52. The molecule has 12 N–H and O–H groups in total. The molecular weight excluding hydrogens is 800 g/mol. The van der Waals surface area contributed by atoms with E-state index in [2.05, 4.69) is 34.2 Å². The maximum Gasteiger partial charge on any atom is 0.347 e. The van der Waals surface area contributed by atoms with Crippen molar-refractivity contribution in [1.82, 2.24) is 39.0 Å². The number of nitrogens with zero attached hydrogens (tertiary/aromatic N) is 8. The molecule has 2 saturated heterocycles. The number of fused-ring (bicyclic) bond motifs is 2. The van der Waals surface area contributed by atoms with Gasteiger partial charge in [0.05, 0.1) is 25.9 Å². The molecule has 4 aromatic rings. The number of nitrogens with two attached hydrogens (primary N) is 2. The van der Waals surface area contributed by atoms with Gasteiger partial charge < -0.3 is 70.0 Å². The fourth-order valence-corrected chi connectivity index (χ4v) is 13.4. The summed E-state index contributed by atoms with van der Waals surface area (Å²) in [7, 11) is -21.6. The lowest BCUT2D eigenvalue weighted by molar-refractivity contribution is -0.0483. The smallest absolute Gasteiger partial charge is 0.347 e. The minimum Gasteiger partial charge on any atom is -0.387 e. The van der Waals surface area contributed by atoms with Gasteiger partial charge in [0.2, 0.25) is 0 Å². The monoisotopic (exact) mass is 832 g/mol. The summed E-state index contributed by atoms with van der Waals surface area (Å²) in [6.07, 6.45) is -7.86. The Hall–Kier alpha value is -2.90. The average Bonchev–Trinajstić information content (AvgIpc) is 3.80. The molecule has 2 aliphatic rings. The van der Waals surface area contributed by atoms with Crippen LogP contribution >= 0.6 is 30.4 Å². The standard InChI is InChI=1S/C22H32N10O17P4/c23-17-11-19(27-3-25-17)31(5-29-11)21-15(35)13(33)9(47-21)1-45-50(37,38)7-52(41,42)49-53(43,44)8-51(39,40)46-2-10-14(34)16(36)22(48-10)32-6-30-12-18(24)26-4-28-20(12)32/h3-6,9-10,13-16,21-22,33-36H,1-2,7-8H2,(H,37,38)(H,39,40)(H,41,42)(H,43,44)(H2,23,25,27)(H2,24,26,28)/t9-,10-,13-,14-,15-,16-,21-,22-/m1/s1. The Morgan fingerprint density at radius 3 is 1.36 bits per heavy atom. The second-order valence-electron chi connectivity index (χ2n) is 11.8. The van der Waals surface area contributed by atoms with Crippen molar-refractivity contribution in [1.29, 1.82) is 0 Å². The summed E-state index contributed by atoms with van der Waals surface area (Å²) in [5, 5.41) is 42.0. The number of rotatable bonds is 14. The van der Waals surface area contributed by atoms with Crippen LogP contribution in [0.25, 0.3) is 22.3 Å². The van der Waals surface area contributed by atoms with Crippen LogP contribution in [0.1, 0.15) is 12.5 Å². The van der Waals surface area contributed by atoms with E-state index in [0.29, 0.717) is 0 Å². The molecule has 6 rings (SSSR count). The van der Waals surface area contributed by atoms with Crippen molar-refractivity contribution < 1.29 is 81.1 Å². The van der Waals surface area contributed by atoms with E-state index in [0.717, 1.165) is 12.7 Å². The van der Waals surface area contributed by atoms with Crippen molar-refractivity contribution in [2.75, 3.05) is 36.5 Å². The van der Waals surface area contributed by atoms with Gasteiger partial charge in [0.25, 0.3) is 0 Å². The Morgan fingerprint density at radius 1 is 0.604 bits per heavy atom. The molecule has 0 aliphatic carbocycles. The number of aliphatic hydroxyl groups excluding tert-OH is 4. The van der Waals surface area contributed by atoms with Gasteiger partial charge in [0.15, 0.2) is 47.2 Å². The Bertz CT molecular complexity index is 2040. The van der Waals surface area contributed by atoms with E-state index in [4.69, 9.17) is 30.0 Å². The largest absolute Gasteiger partial charge is 0.387 e. The SMILES string of the molecule is Nc1ncnc2c1ncn2[C@@H]1O[C@H](COP(=O)(O)CP(=O)(O)OP(=O)(O)CP(=O)(O)OC[C@H]2O[C@@H](n3cnc4c(N)ncnc43)[C@H](O)[C@@H]2O)[C@@H](O)[C@H]1O. The van der Waals surface area contributed by atoms with E-state index in [1.165, 1.54) is 21.8 Å². The molecule has 6 heterocycles. The molecule has 31 heteroatoms. The van der Waals surface area contributed by atoms with Crippen LogP contribution in [-0.2, 0) is 41.1 Å². The van der Waals surface area contributed by atoms with Gasteiger partial charge in [-0.25, -0.2) is 34.2 Å². The minimum absolute atomic E-state index is 0.0112. The number of aliphatic hydroxyl groups is 4. The lowest BCUT2D eigenvalue weighted by Crippen LogP contribution is -2.33. The van der Waals surface area contributed by atoms with Crippen LogP contribution in [0.2, 0.25) is 0 Å². The highest BCUT2D eigenvalue weighted by Crippen LogP contribution is 2.69. The molecule has 4 aromatic heterocycles. The normalized spacial score (nSPS) is 30.9. The van der Waals surface area contributed by atoms with Gasteiger partial charge in [-0.15, -0.1) is 0 Å². The van der Waals surface area contributed by atoms with Gasteiger partial charge in [-0.1, -0.05) is 0 Å². The van der Waals surface area contributed by atoms with Crippen LogP contribution in [-0.4, -0.2) is 141 Å². The Kier molecular flexibility index (Phi) is 11.0. The molecule has 12 atom stereocenters. The highest BCUT2D eigenvalue weighted by atomic mass is 31.3. The van der Waals surface area contributed by atoms with Crippen molar-refractivity contribution in [3.05, 3.63) is 25.3 Å². The zero-order chi connectivity index (χ0) is 38.7. The van der Waals surface area contributed by atoms with E-state index in [1.807, 2.05) is 0 Å². The number of aromatic nitrogens is 8. The zero-order valence-electron chi connectivity index (χ0n) is 26.5. The lowest BCUT2D eigenvalue weighted by atomic mass is 10.1. The van der Waals surface area contributed by atoms with Crippen molar-refractivity contribution in [2.24, 2.45) is 0 Å². The average molecular weight is 832 g/mol. The highest BCUT2D eigenvalue weighted by molar-refractivity contribution is 7.78. The quantitative estimate of drug-likeness (QED) is 0.0601. The topological polar surface area (TPSA) is 416 Å². The molecule has 4 unspecified atom stereocenters. The molecule has 2 aliphatic heterocycles. The third-order valence-corrected chi connectivity index (χ3v) is 16.7. The van der Waals surface area contributed by atoms with Gasteiger partial charge in [0.1, 0.15) is 60.3 Å². The summed E-state index contributed by atoms with van der Waals surface area (Å²) >= 11 is 0. The number of ether oxygens (including phenoxy) is 2. The van der Waals surface area contributed by atoms with E-state index >= 15 is 0 Å². The van der Waals surface area contributed by atoms with Gasteiger partial charge in [-0.05, 0) is 0 Å².